The Hall–Kier alpha value is -3.16. The number of amides is 1. The Morgan fingerprint density at radius 1 is 1.33 bits per heavy atom. The van der Waals surface area contributed by atoms with E-state index in [0.29, 0.717) is 18.1 Å². The van der Waals surface area contributed by atoms with Gasteiger partial charge >= 0.3 is 0 Å². The molecule has 0 saturated heterocycles. The molecule has 1 aromatic carbocycles. The van der Waals surface area contributed by atoms with Crippen LogP contribution in [0.15, 0.2) is 42.7 Å². The zero-order valence-corrected chi connectivity index (χ0v) is 13.5. The van der Waals surface area contributed by atoms with Crippen LogP contribution in [0, 0.1) is 6.92 Å². The fourth-order valence-corrected chi connectivity index (χ4v) is 2.16. The Balaban J connectivity index is 1.52. The van der Waals surface area contributed by atoms with Crippen LogP contribution in [0.3, 0.4) is 0 Å². The van der Waals surface area contributed by atoms with E-state index in [-0.39, 0.29) is 12.5 Å². The van der Waals surface area contributed by atoms with Crippen LogP contribution in [0.1, 0.15) is 11.3 Å². The van der Waals surface area contributed by atoms with Gasteiger partial charge < -0.3 is 10.1 Å². The fraction of sp³-hybridized carbons (Fsp3) is 0.250. The highest BCUT2D eigenvalue weighted by molar-refractivity contribution is 5.89. The first kappa shape index (κ1) is 15.7. The van der Waals surface area contributed by atoms with Crippen LogP contribution >= 0.6 is 0 Å². The van der Waals surface area contributed by atoms with Gasteiger partial charge in [0.1, 0.15) is 24.6 Å². The van der Waals surface area contributed by atoms with Crippen molar-refractivity contribution in [2.45, 2.75) is 20.1 Å². The molecule has 0 aliphatic heterocycles. The van der Waals surface area contributed by atoms with Crippen LogP contribution in [0.4, 0.5) is 5.82 Å². The molecule has 0 bridgehead atoms. The zero-order chi connectivity index (χ0) is 16.9. The van der Waals surface area contributed by atoms with Gasteiger partial charge in [0.25, 0.3) is 0 Å². The molecule has 8 nitrogen and oxygen atoms in total. The quantitative estimate of drug-likeness (QED) is 0.742. The van der Waals surface area contributed by atoms with Crippen molar-refractivity contribution >= 4 is 11.7 Å². The summed E-state index contributed by atoms with van der Waals surface area (Å²) < 4.78 is 8.74. The summed E-state index contributed by atoms with van der Waals surface area (Å²) in [7, 11) is 1.79. The number of nitrogens with one attached hydrogen (secondary N) is 1. The van der Waals surface area contributed by atoms with E-state index in [1.807, 2.05) is 31.2 Å². The molecular weight excluding hydrogens is 308 g/mol. The van der Waals surface area contributed by atoms with Crippen molar-refractivity contribution in [2.24, 2.45) is 7.05 Å². The number of hydrogen-bond donors (Lipinski definition) is 1. The van der Waals surface area contributed by atoms with Gasteiger partial charge in [-0.2, -0.15) is 5.10 Å². The average molecular weight is 326 g/mol. The zero-order valence-electron chi connectivity index (χ0n) is 13.5. The summed E-state index contributed by atoms with van der Waals surface area (Å²) in [6.45, 7) is 2.36. The number of benzene rings is 1. The van der Waals surface area contributed by atoms with E-state index in [4.69, 9.17) is 4.74 Å². The Kier molecular flexibility index (Phi) is 4.55. The van der Waals surface area contributed by atoms with Crippen LogP contribution in [-0.4, -0.2) is 30.7 Å². The topological polar surface area (TPSA) is 86.9 Å². The minimum absolute atomic E-state index is 0.0635. The third kappa shape index (κ3) is 4.19. The van der Waals surface area contributed by atoms with Gasteiger partial charge in [0, 0.05) is 19.3 Å². The van der Waals surface area contributed by atoms with Crippen LogP contribution in [0.5, 0.6) is 5.75 Å². The second-order valence-corrected chi connectivity index (χ2v) is 5.44. The lowest BCUT2D eigenvalue weighted by molar-refractivity contribution is -0.116. The molecular formula is C16H18N6O2. The number of ether oxygens (including phenoxy) is 1. The lowest BCUT2D eigenvalue weighted by Gasteiger charge is -2.04. The SMILES string of the molecule is Cc1cccc(OCc2cn(CC(=O)Nc3ccn(C)n3)nn2)c1. The van der Waals surface area contributed by atoms with E-state index in [1.54, 1.807) is 30.2 Å². The van der Waals surface area contributed by atoms with E-state index in [1.165, 1.54) is 4.68 Å². The molecule has 0 unspecified atom stereocenters. The number of aromatic nitrogens is 5. The third-order valence-corrected chi connectivity index (χ3v) is 3.25. The summed E-state index contributed by atoms with van der Waals surface area (Å²) in [5.41, 5.74) is 1.78. The molecule has 0 fully saturated rings. The highest BCUT2D eigenvalue weighted by Crippen LogP contribution is 2.13. The van der Waals surface area contributed by atoms with Crippen LogP contribution in [-0.2, 0) is 25.0 Å². The standard InChI is InChI=1S/C16H18N6O2/c1-12-4-3-5-14(8-12)24-11-13-9-22(20-18-13)10-16(23)17-15-6-7-21(2)19-15/h3-9H,10-11H2,1-2H3,(H,17,19,23). The Morgan fingerprint density at radius 3 is 2.96 bits per heavy atom. The monoisotopic (exact) mass is 326 g/mol. The van der Waals surface area contributed by atoms with Gasteiger partial charge in [0.05, 0.1) is 6.20 Å². The first-order valence-electron chi connectivity index (χ1n) is 7.46. The number of nitrogens with zero attached hydrogens (tertiary/aromatic N) is 5. The first-order valence-corrected chi connectivity index (χ1v) is 7.46. The van der Waals surface area contributed by atoms with Crippen LogP contribution in [0.25, 0.3) is 0 Å². The van der Waals surface area contributed by atoms with Crippen molar-refractivity contribution in [3.63, 3.8) is 0 Å². The molecule has 0 radical (unpaired) electrons. The van der Waals surface area contributed by atoms with Crippen LogP contribution < -0.4 is 10.1 Å². The highest BCUT2D eigenvalue weighted by Gasteiger charge is 2.08. The maximum atomic E-state index is 11.9. The van der Waals surface area contributed by atoms with Crippen molar-refractivity contribution < 1.29 is 9.53 Å². The van der Waals surface area contributed by atoms with E-state index < -0.39 is 0 Å². The fourth-order valence-electron chi connectivity index (χ4n) is 2.16. The normalized spacial score (nSPS) is 10.6. The van der Waals surface area contributed by atoms with E-state index in [2.05, 4.69) is 20.7 Å². The summed E-state index contributed by atoms with van der Waals surface area (Å²) >= 11 is 0. The van der Waals surface area contributed by atoms with Crippen molar-refractivity contribution in [3.05, 3.63) is 54.0 Å². The van der Waals surface area contributed by atoms with Crippen molar-refractivity contribution in [3.8, 4) is 5.75 Å². The maximum absolute atomic E-state index is 11.9. The molecule has 1 amide bonds. The third-order valence-electron chi connectivity index (χ3n) is 3.25. The van der Waals surface area contributed by atoms with Gasteiger partial charge in [-0.15, -0.1) is 5.10 Å². The van der Waals surface area contributed by atoms with Crippen molar-refractivity contribution in [1.29, 1.82) is 0 Å². The molecule has 0 saturated carbocycles. The summed E-state index contributed by atoms with van der Waals surface area (Å²) in [4.78, 5) is 11.9. The molecule has 0 spiro atoms. The van der Waals surface area contributed by atoms with Gasteiger partial charge in [0.15, 0.2) is 5.82 Å². The largest absolute Gasteiger partial charge is 0.487 e. The van der Waals surface area contributed by atoms with Gasteiger partial charge in [-0.3, -0.25) is 9.48 Å². The number of hydrogen-bond acceptors (Lipinski definition) is 5. The number of rotatable bonds is 6. The number of carbonyl (C=O) groups excluding carboxylic acids is 1. The molecule has 0 atom stereocenters. The molecule has 2 heterocycles. The summed E-state index contributed by atoms with van der Waals surface area (Å²) in [5.74, 6) is 1.06. The highest BCUT2D eigenvalue weighted by atomic mass is 16.5. The lowest BCUT2D eigenvalue weighted by atomic mass is 10.2. The Bertz CT molecular complexity index is 838. The van der Waals surface area contributed by atoms with Crippen molar-refractivity contribution in [1.82, 2.24) is 24.8 Å². The summed E-state index contributed by atoms with van der Waals surface area (Å²) in [6.07, 6.45) is 3.44. The van der Waals surface area contributed by atoms with Gasteiger partial charge in [-0.1, -0.05) is 17.3 Å². The minimum atomic E-state index is -0.218. The summed E-state index contributed by atoms with van der Waals surface area (Å²) in [5, 5.41) is 14.7. The molecule has 3 aromatic rings. The smallest absolute Gasteiger partial charge is 0.247 e. The van der Waals surface area contributed by atoms with Crippen LogP contribution in [0.2, 0.25) is 0 Å². The molecule has 24 heavy (non-hydrogen) atoms. The molecule has 0 aliphatic carbocycles. The van der Waals surface area contributed by atoms with E-state index in [0.717, 1.165) is 11.3 Å². The molecule has 8 heteroatoms. The second-order valence-electron chi connectivity index (χ2n) is 5.44. The number of aryl methyl sites for hydroxylation is 2. The maximum Gasteiger partial charge on any atom is 0.247 e. The first-order chi connectivity index (χ1) is 11.6. The Morgan fingerprint density at radius 2 is 2.21 bits per heavy atom. The number of carbonyl (C=O) groups is 1. The molecule has 1 N–H and O–H groups in total. The lowest BCUT2D eigenvalue weighted by Crippen LogP contribution is -2.19. The minimum Gasteiger partial charge on any atom is -0.487 e. The van der Waals surface area contributed by atoms with Gasteiger partial charge in [-0.05, 0) is 24.6 Å². The predicted molar refractivity (Wildman–Crippen MR) is 87.4 cm³/mol. The van der Waals surface area contributed by atoms with E-state index >= 15 is 0 Å². The van der Waals surface area contributed by atoms with Gasteiger partial charge in [-0.25, -0.2) is 4.68 Å². The average Bonchev–Trinajstić information content (AvgIpc) is 3.14. The second kappa shape index (κ2) is 6.95. The van der Waals surface area contributed by atoms with Crippen molar-refractivity contribution in [2.75, 3.05) is 5.32 Å². The molecule has 3 rings (SSSR count). The molecule has 2 aromatic heterocycles. The van der Waals surface area contributed by atoms with E-state index in [9.17, 15) is 4.79 Å². The summed E-state index contributed by atoms with van der Waals surface area (Å²) in [6, 6.07) is 9.50. The Labute approximate surface area is 139 Å². The molecule has 124 valence electrons. The predicted octanol–water partition coefficient (Wildman–Crippen LogP) is 1.54. The number of anilines is 1. The van der Waals surface area contributed by atoms with Gasteiger partial charge in [0.2, 0.25) is 5.91 Å². The molecule has 0 aliphatic rings.